The van der Waals surface area contributed by atoms with Crippen LogP contribution in [0.5, 0.6) is 0 Å². The van der Waals surface area contributed by atoms with Crippen molar-refractivity contribution in [1.29, 1.82) is 0 Å². The Hall–Kier alpha value is -4.20. The van der Waals surface area contributed by atoms with Gasteiger partial charge in [-0.25, -0.2) is 0 Å². The number of hydrogen-bond donors (Lipinski definition) is 5. The van der Waals surface area contributed by atoms with Crippen molar-refractivity contribution in [2.24, 2.45) is 17.8 Å². The molecule has 3 aromatic rings. The Balaban J connectivity index is 1.75. The molecule has 1 aliphatic carbocycles. The summed E-state index contributed by atoms with van der Waals surface area (Å²) < 4.78 is 5.16. The van der Waals surface area contributed by atoms with Crippen LogP contribution >= 0.6 is 0 Å². The Morgan fingerprint density at radius 2 is 1.85 bits per heavy atom. The largest absolute Gasteiger partial charge is 0.515 e. The number of aromatic nitrogens is 3. The highest BCUT2D eigenvalue weighted by molar-refractivity contribution is 6.19. The number of esters is 1. The lowest BCUT2D eigenvalue weighted by Gasteiger charge is -2.24. The highest BCUT2D eigenvalue weighted by Crippen LogP contribution is 2.41. The molecule has 5 heterocycles. The van der Waals surface area contributed by atoms with Crippen molar-refractivity contribution >= 4 is 41.8 Å². The number of carbonyl (C=O) groups is 2. The molecular weight excluding hydrogens is 504 g/mol. The van der Waals surface area contributed by atoms with Crippen molar-refractivity contribution in [3.05, 3.63) is 72.4 Å². The summed E-state index contributed by atoms with van der Waals surface area (Å²) in [6, 6.07) is 1.89. The number of H-pyrrole nitrogens is 3. The predicted molar refractivity (Wildman–Crippen MR) is 155 cm³/mol. The first-order chi connectivity index (χ1) is 19.2. The van der Waals surface area contributed by atoms with Gasteiger partial charge < -0.3 is 30.1 Å². The molecule has 1 saturated heterocycles. The van der Waals surface area contributed by atoms with Gasteiger partial charge in [-0.05, 0) is 72.7 Å². The molecule has 8 heteroatoms. The highest BCUT2D eigenvalue weighted by atomic mass is 16.5. The standard InChI is InChI=1S/C32H36N4O4/c1-7-18-15(4)22-11-21-14(3)9-17(33-21)10-24-20(13-37)19(8-2)25(34-24)12-23-16(5)26-30(36-23)27(29(18)35-22)28(31(26)38)32(39)40-6/h9-13,15,18,28-29,33-37H,7-8H2,1-6H3/b20-13-,22-11-,23-12-,24-10-/t15-,18-,28+,29?/m0/s1. The van der Waals surface area contributed by atoms with Crippen molar-refractivity contribution < 1.29 is 19.4 Å². The Kier molecular flexibility index (Phi) is 6.16. The van der Waals surface area contributed by atoms with E-state index >= 15 is 0 Å². The monoisotopic (exact) mass is 540 g/mol. The average molecular weight is 541 g/mol. The number of ether oxygens (including phenoxy) is 1. The molecule has 6 rings (SSSR count). The molecule has 0 amide bonds. The molecule has 8 bridgehead atoms. The first-order valence-electron chi connectivity index (χ1n) is 14.0. The van der Waals surface area contributed by atoms with Crippen molar-refractivity contribution in [2.45, 2.75) is 53.5 Å². The third-order valence-corrected chi connectivity index (χ3v) is 9.18. The maximum Gasteiger partial charge on any atom is 0.320 e. The lowest BCUT2D eigenvalue weighted by Crippen LogP contribution is -2.37. The van der Waals surface area contributed by atoms with E-state index < -0.39 is 11.9 Å². The Labute approximate surface area is 232 Å². The fourth-order valence-corrected chi connectivity index (χ4v) is 7.05. The van der Waals surface area contributed by atoms with E-state index in [0.717, 1.165) is 73.6 Å². The summed E-state index contributed by atoms with van der Waals surface area (Å²) in [5, 5.41) is 17.0. The van der Waals surface area contributed by atoms with Crippen molar-refractivity contribution in [2.75, 3.05) is 7.11 Å². The minimum atomic E-state index is -0.983. The molecule has 0 aromatic carbocycles. The molecule has 0 spiro atoms. The number of fused-ring (bicyclic) bond motifs is 8. The number of aliphatic hydroxyl groups excluding tert-OH is 1. The Morgan fingerprint density at radius 3 is 2.52 bits per heavy atom. The molecule has 0 saturated carbocycles. The highest BCUT2D eigenvalue weighted by Gasteiger charge is 2.48. The second-order valence-electron chi connectivity index (χ2n) is 11.2. The van der Waals surface area contributed by atoms with Crippen molar-refractivity contribution in [1.82, 2.24) is 20.3 Å². The van der Waals surface area contributed by atoms with Crippen LogP contribution in [0.1, 0.15) is 71.3 Å². The third-order valence-electron chi connectivity index (χ3n) is 9.18. The summed E-state index contributed by atoms with van der Waals surface area (Å²) >= 11 is 0. The summed E-state index contributed by atoms with van der Waals surface area (Å²) in [5.74, 6) is -1.38. The quantitative estimate of drug-likeness (QED) is 0.257. The average Bonchev–Trinajstić information content (AvgIpc) is 3.69. The smallest absolute Gasteiger partial charge is 0.320 e. The van der Waals surface area contributed by atoms with Crippen LogP contribution in [-0.2, 0) is 16.0 Å². The molecule has 3 aliphatic rings. The number of rotatable bonds is 3. The second kappa shape index (κ2) is 9.47. The van der Waals surface area contributed by atoms with E-state index in [1.54, 1.807) is 0 Å². The van der Waals surface area contributed by atoms with Crippen LogP contribution in [-0.4, -0.2) is 45.0 Å². The first-order valence-corrected chi connectivity index (χ1v) is 14.0. The molecule has 8 nitrogen and oxygen atoms in total. The zero-order chi connectivity index (χ0) is 28.5. The molecule has 40 heavy (non-hydrogen) atoms. The topological polar surface area (TPSA) is 123 Å². The molecule has 3 aromatic heterocycles. The number of hydrogen-bond acceptors (Lipinski definition) is 5. The Morgan fingerprint density at radius 1 is 1.07 bits per heavy atom. The molecule has 208 valence electrons. The van der Waals surface area contributed by atoms with Crippen molar-refractivity contribution in [3.63, 3.8) is 0 Å². The van der Waals surface area contributed by atoms with Gasteiger partial charge in [0.1, 0.15) is 5.92 Å². The number of allylic oxidation sites excluding steroid dienone is 1. The Bertz CT molecular complexity index is 1850. The van der Waals surface area contributed by atoms with E-state index in [2.05, 4.69) is 60.1 Å². The minimum absolute atomic E-state index is 0.181. The van der Waals surface area contributed by atoms with Gasteiger partial charge in [-0.2, -0.15) is 0 Å². The van der Waals surface area contributed by atoms with E-state index in [-0.39, 0.29) is 23.7 Å². The van der Waals surface area contributed by atoms with Crippen LogP contribution < -0.4 is 26.6 Å². The fourth-order valence-electron chi connectivity index (χ4n) is 7.05. The molecule has 2 aliphatic heterocycles. The number of nitrogens with one attached hydrogen (secondary N) is 4. The van der Waals surface area contributed by atoms with Gasteiger partial charge in [-0.3, -0.25) is 9.59 Å². The van der Waals surface area contributed by atoms with E-state index in [0.29, 0.717) is 17.3 Å². The normalized spacial score (nSPS) is 26.6. The van der Waals surface area contributed by atoms with Crippen LogP contribution in [0.25, 0.3) is 30.1 Å². The zero-order valence-electron chi connectivity index (χ0n) is 23.8. The van der Waals surface area contributed by atoms with Crippen LogP contribution in [0.15, 0.2) is 11.8 Å². The fraction of sp³-hybridized carbons (Fsp3) is 0.375. The minimum Gasteiger partial charge on any atom is -0.515 e. The summed E-state index contributed by atoms with van der Waals surface area (Å²) in [6.45, 7) is 10.4. The van der Waals surface area contributed by atoms with Crippen LogP contribution in [0, 0.1) is 31.6 Å². The molecule has 0 radical (unpaired) electrons. The van der Waals surface area contributed by atoms with Gasteiger partial charge in [-0.15, -0.1) is 0 Å². The van der Waals surface area contributed by atoms with Gasteiger partial charge in [0, 0.05) is 44.8 Å². The van der Waals surface area contributed by atoms with E-state index in [4.69, 9.17) is 4.74 Å². The summed E-state index contributed by atoms with van der Waals surface area (Å²) in [6.07, 6.45) is 8.89. The number of carbonyl (C=O) groups excluding carboxylic acids is 2. The number of Topliss-reactive ketones (excluding diaryl/α,β-unsaturated/α-hetero) is 1. The molecule has 4 atom stereocenters. The SMILES string of the molecule is CCc1c2[nH]c(/c1=C\O)=C\c1cc(C)c([nH]1)/C=C1\NC(C3=c4[nH]/c(c(C)c4C(=O)[C@@H]3C(=O)OC)=C\2)[C@@H](CC)[C@@H]1C. The third kappa shape index (κ3) is 3.65. The lowest BCUT2D eigenvalue weighted by molar-refractivity contribution is -0.141. The number of methoxy groups -OCH3 is 1. The molecular formula is C32H36N4O4. The van der Waals surface area contributed by atoms with Gasteiger partial charge >= 0.3 is 5.97 Å². The zero-order valence-corrected chi connectivity index (χ0v) is 23.8. The van der Waals surface area contributed by atoms with Crippen LogP contribution in [0.3, 0.4) is 0 Å². The van der Waals surface area contributed by atoms with E-state index in [1.165, 1.54) is 7.11 Å². The number of ketones is 1. The lowest BCUT2D eigenvalue weighted by atomic mass is 9.81. The van der Waals surface area contributed by atoms with Gasteiger partial charge in [0.2, 0.25) is 0 Å². The van der Waals surface area contributed by atoms with Crippen molar-refractivity contribution in [3.8, 4) is 0 Å². The van der Waals surface area contributed by atoms with Gasteiger partial charge in [-0.1, -0.05) is 27.2 Å². The molecule has 1 fully saturated rings. The van der Waals surface area contributed by atoms with Gasteiger partial charge in [0.05, 0.1) is 30.1 Å². The van der Waals surface area contributed by atoms with E-state index in [1.807, 2.05) is 19.1 Å². The molecule has 5 N–H and O–H groups in total. The van der Waals surface area contributed by atoms with Crippen LogP contribution in [0.4, 0.5) is 0 Å². The number of aliphatic hydroxyl groups is 1. The number of aromatic amines is 3. The van der Waals surface area contributed by atoms with Gasteiger partial charge in [0.25, 0.3) is 0 Å². The summed E-state index contributed by atoms with van der Waals surface area (Å²) in [5.41, 5.74) is 8.01. The first kappa shape index (κ1) is 26.0. The maximum atomic E-state index is 13.9. The van der Waals surface area contributed by atoms with E-state index in [9.17, 15) is 14.7 Å². The van der Waals surface area contributed by atoms with Gasteiger partial charge in [0.15, 0.2) is 5.78 Å². The predicted octanol–water partition coefficient (Wildman–Crippen LogP) is 1.93. The summed E-state index contributed by atoms with van der Waals surface area (Å²) in [4.78, 5) is 37.6. The summed E-state index contributed by atoms with van der Waals surface area (Å²) in [7, 11) is 1.34. The number of aryl methyl sites for hydroxylation is 1. The van der Waals surface area contributed by atoms with Crippen LogP contribution in [0.2, 0.25) is 0 Å². The molecule has 1 unspecified atom stereocenters. The second-order valence-corrected chi connectivity index (χ2v) is 11.2. The maximum absolute atomic E-state index is 13.9.